The van der Waals surface area contributed by atoms with Crippen molar-refractivity contribution in [1.29, 1.82) is 0 Å². The van der Waals surface area contributed by atoms with Crippen molar-refractivity contribution in [3.63, 3.8) is 0 Å². The summed E-state index contributed by atoms with van der Waals surface area (Å²) in [7, 11) is 3.64. The SMILES string of the molecule is CN(C)c1cnn(Cc2ccoc2C(=O)NN)c(=O)c1. The van der Waals surface area contributed by atoms with Crippen molar-refractivity contribution in [2.75, 3.05) is 19.0 Å². The molecule has 0 bridgehead atoms. The number of hydrazine groups is 1. The first-order valence-corrected chi connectivity index (χ1v) is 5.84. The number of carbonyl (C=O) groups is 1. The largest absolute Gasteiger partial charge is 0.459 e. The van der Waals surface area contributed by atoms with Crippen molar-refractivity contribution < 1.29 is 9.21 Å². The number of nitrogens with two attached hydrogens (primary N) is 1. The summed E-state index contributed by atoms with van der Waals surface area (Å²) in [5, 5.41) is 4.06. The summed E-state index contributed by atoms with van der Waals surface area (Å²) in [4.78, 5) is 25.2. The zero-order valence-corrected chi connectivity index (χ0v) is 11.2. The monoisotopic (exact) mass is 277 g/mol. The minimum Gasteiger partial charge on any atom is -0.459 e. The van der Waals surface area contributed by atoms with Gasteiger partial charge in [0, 0.05) is 25.7 Å². The number of hydrogen-bond acceptors (Lipinski definition) is 6. The van der Waals surface area contributed by atoms with Crippen molar-refractivity contribution >= 4 is 11.6 Å². The van der Waals surface area contributed by atoms with Crippen molar-refractivity contribution in [2.24, 2.45) is 5.84 Å². The fourth-order valence-electron chi connectivity index (χ4n) is 1.67. The van der Waals surface area contributed by atoms with Gasteiger partial charge in [0.05, 0.1) is 24.7 Å². The van der Waals surface area contributed by atoms with Crippen LogP contribution in [0.4, 0.5) is 5.69 Å². The van der Waals surface area contributed by atoms with Crippen LogP contribution in [0.1, 0.15) is 16.1 Å². The Balaban J connectivity index is 2.29. The minimum atomic E-state index is -0.553. The van der Waals surface area contributed by atoms with E-state index in [1.807, 2.05) is 19.5 Å². The number of aromatic nitrogens is 2. The van der Waals surface area contributed by atoms with E-state index in [4.69, 9.17) is 10.3 Å². The van der Waals surface area contributed by atoms with Crippen LogP contribution in [-0.2, 0) is 6.54 Å². The standard InChI is InChI=1S/C12H15N5O3/c1-16(2)9-5-10(18)17(14-6-9)7-8-3-4-20-11(8)12(19)15-13/h3-6H,7,13H2,1-2H3,(H,15,19). The third-order valence-electron chi connectivity index (χ3n) is 2.78. The van der Waals surface area contributed by atoms with Gasteiger partial charge in [-0.3, -0.25) is 15.0 Å². The van der Waals surface area contributed by atoms with Gasteiger partial charge in [0.15, 0.2) is 5.76 Å². The number of furan rings is 1. The van der Waals surface area contributed by atoms with Crippen LogP contribution < -0.4 is 21.7 Å². The number of rotatable bonds is 4. The molecule has 0 saturated heterocycles. The molecule has 0 unspecified atom stereocenters. The number of carbonyl (C=O) groups excluding carboxylic acids is 1. The number of nitrogen functional groups attached to an aromatic ring is 1. The van der Waals surface area contributed by atoms with Crippen molar-refractivity contribution in [3.8, 4) is 0 Å². The van der Waals surface area contributed by atoms with E-state index < -0.39 is 5.91 Å². The maximum Gasteiger partial charge on any atom is 0.301 e. The van der Waals surface area contributed by atoms with Crippen molar-refractivity contribution in [2.45, 2.75) is 6.54 Å². The van der Waals surface area contributed by atoms with E-state index in [2.05, 4.69) is 5.10 Å². The summed E-state index contributed by atoms with van der Waals surface area (Å²) in [5.74, 6) is 4.57. The first kappa shape index (κ1) is 13.8. The van der Waals surface area contributed by atoms with Crippen molar-refractivity contribution in [3.05, 3.63) is 46.3 Å². The van der Waals surface area contributed by atoms with Gasteiger partial charge in [0.2, 0.25) is 0 Å². The van der Waals surface area contributed by atoms with Crippen LogP contribution >= 0.6 is 0 Å². The van der Waals surface area contributed by atoms with Crippen LogP contribution in [0, 0.1) is 0 Å². The van der Waals surface area contributed by atoms with Gasteiger partial charge >= 0.3 is 5.91 Å². The molecule has 1 amide bonds. The topological polar surface area (TPSA) is 106 Å². The van der Waals surface area contributed by atoms with Crippen LogP contribution in [0.5, 0.6) is 0 Å². The van der Waals surface area contributed by atoms with Crippen LogP contribution in [-0.4, -0.2) is 29.8 Å². The Kier molecular flexibility index (Phi) is 3.85. The molecule has 20 heavy (non-hydrogen) atoms. The number of nitrogens with one attached hydrogen (secondary N) is 1. The summed E-state index contributed by atoms with van der Waals surface area (Å²) >= 11 is 0. The quantitative estimate of drug-likeness (QED) is 0.445. The highest BCUT2D eigenvalue weighted by molar-refractivity contribution is 5.92. The van der Waals surface area contributed by atoms with Gasteiger partial charge in [-0.15, -0.1) is 0 Å². The Bertz CT molecular complexity index is 674. The summed E-state index contributed by atoms with van der Waals surface area (Å²) in [5.41, 5.74) is 2.95. The molecular formula is C12H15N5O3. The molecule has 0 spiro atoms. The molecule has 2 aromatic heterocycles. The van der Waals surface area contributed by atoms with Crippen molar-refractivity contribution in [1.82, 2.24) is 15.2 Å². The summed E-state index contributed by atoms with van der Waals surface area (Å²) in [6.45, 7) is 0.131. The van der Waals surface area contributed by atoms with Crippen LogP contribution in [0.15, 0.2) is 33.8 Å². The molecule has 0 aliphatic carbocycles. The third-order valence-corrected chi connectivity index (χ3v) is 2.78. The molecule has 0 radical (unpaired) electrons. The molecule has 0 fully saturated rings. The number of hydrogen-bond donors (Lipinski definition) is 2. The molecule has 3 N–H and O–H groups in total. The average Bonchev–Trinajstić information content (AvgIpc) is 2.88. The van der Waals surface area contributed by atoms with E-state index in [9.17, 15) is 9.59 Å². The Morgan fingerprint density at radius 2 is 2.30 bits per heavy atom. The molecule has 106 valence electrons. The second-order valence-electron chi connectivity index (χ2n) is 4.35. The van der Waals surface area contributed by atoms with E-state index in [0.29, 0.717) is 11.3 Å². The van der Waals surface area contributed by atoms with Crippen LogP contribution in [0.3, 0.4) is 0 Å². The second-order valence-corrected chi connectivity index (χ2v) is 4.35. The van der Waals surface area contributed by atoms with Crippen LogP contribution in [0.25, 0.3) is 0 Å². The zero-order chi connectivity index (χ0) is 14.7. The minimum absolute atomic E-state index is 0.0675. The maximum atomic E-state index is 11.9. The van der Waals surface area contributed by atoms with E-state index in [0.717, 1.165) is 0 Å². The summed E-state index contributed by atoms with van der Waals surface area (Å²) < 4.78 is 6.29. The Morgan fingerprint density at radius 1 is 1.55 bits per heavy atom. The molecule has 8 nitrogen and oxygen atoms in total. The maximum absolute atomic E-state index is 11.9. The molecule has 0 aromatic carbocycles. The van der Waals surface area contributed by atoms with E-state index in [1.54, 1.807) is 17.2 Å². The molecule has 8 heteroatoms. The fraction of sp³-hybridized carbons (Fsp3) is 0.250. The molecule has 2 rings (SSSR count). The zero-order valence-electron chi connectivity index (χ0n) is 11.2. The molecule has 0 atom stereocenters. The molecule has 0 aliphatic rings. The van der Waals surface area contributed by atoms with Crippen LogP contribution in [0.2, 0.25) is 0 Å². The molecule has 2 heterocycles. The molecular weight excluding hydrogens is 262 g/mol. The normalized spacial score (nSPS) is 10.3. The fourth-order valence-corrected chi connectivity index (χ4v) is 1.67. The Morgan fingerprint density at radius 3 is 2.90 bits per heavy atom. The summed E-state index contributed by atoms with van der Waals surface area (Å²) in [6, 6.07) is 3.06. The Hall–Kier alpha value is -2.61. The lowest BCUT2D eigenvalue weighted by molar-refractivity contribution is 0.0924. The number of amides is 1. The van der Waals surface area contributed by atoms with Gasteiger partial charge in [-0.1, -0.05) is 0 Å². The van der Waals surface area contributed by atoms with Gasteiger partial charge < -0.3 is 9.32 Å². The highest BCUT2D eigenvalue weighted by atomic mass is 16.3. The molecule has 2 aromatic rings. The lowest BCUT2D eigenvalue weighted by Crippen LogP contribution is -2.31. The predicted octanol–water partition coefficient (Wildman–Crippen LogP) is -0.446. The van der Waals surface area contributed by atoms with Gasteiger partial charge in [-0.05, 0) is 6.07 Å². The predicted molar refractivity (Wildman–Crippen MR) is 72.3 cm³/mol. The van der Waals surface area contributed by atoms with Gasteiger partial charge in [0.25, 0.3) is 5.56 Å². The smallest absolute Gasteiger partial charge is 0.301 e. The molecule has 0 saturated carbocycles. The Labute approximate surface area is 114 Å². The van der Waals surface area contributed by atoms with Gasteiger partial charge in [0.1, 0.15) is 0 Å². The first-order valence-electron chi connectivity index (χ1n) is 5.84. The molecule has 0 aliphatic heterocycles. The highest BCUT2D eigenvalue weighted by Gasteiger charge is 2.15. The van der Waals surface area contributed by atoms with E-state index in [-0.39, 0.29) is 17.9 Å². The lowest BCUT2D eigenvalue weighted by atomic mass is 10.2. The first-order chi connectivity index (χ1) is 9.52. The van der Waals surface area contributed by atoms with E-state index >= 15 is 0 Å². The van der Waals surface area contributed by atoms with Gasteiger partial charge in [-0.25, -0.2) is 10.5 Å². The van der Waals surface area contributed by atoms with E-state index in [1.165, 1.54) is 17.0 Å². The summed E-state index contributed by atoms with van der Waals surface area (Å²) in [6.07, 6.45) is 2.93. The highest BCUT2D eigenvalue weighted by Crippen LogP contribution is 2.11. The number of nitrogens with zero attached hydrogens (tertiary/aromatic N) is 3. The lowest BCUT2D eigenvalue weighted by Gasteiger charge is -2.12. The number of anilines is 1. The average molecular weight is 277 g/mol. The second kappa shape index (κ2) is 5.57. The third kappa shape index (κ3) is 2.69. The van der Waals surface area contributed by atoms with Gasteiger partial charge in [-0.2, -0.15) is 5.10 Å².